The van der Waals surface area contributed by atoms with Gasteiger partial charge in [0.1, 0.15) is 11.3 Å². The molecule has 0 aliphatic carbocycles. The topological polar surface area (TPSA) is 87.0 Å². The highest BCUT2D eigenvalue weighted by molar-refractivity contribution is 5.94. The fraction of sp³-hybridized carbons (Fsp3) is 0. The van der Waals surface area contributed by atoms with E-state index in [1.807, 2.05) is 0 Å². The number of aromatic hydroxyl groups is 3. The smallest absolute Gasteiger partial charge is 0.347 e. The number of hydrogen-bond acceptors (Lipinski definition) is 5. The minimum absolute atomic E-state index is 0.0276. The molecule has 0 bridgehead atoms. The molecule has 18 heavy (non-hydrogen) atoms. The van der Waals surface area contributed by atoms with E-state index in [-0.39, 0.29) is 17.1 Å². The van der Waals surface area contributed by atoms with Gasteiger partial charge in [-0.05, 0) is 24.3 Å². The molecule has 0 atom stereocenters. The lowest BCUT2D eigenvalue weighted by Crippen LogP contribution is -2.08. The SMILES string of the molecule is O=C(Oc1cccc(O)c1O)c1ccccc1O. The van der Waals surface area contributed by atoms with Crippen LogP contribution in [-0.4, -0.2) is 21.3 Å². The van der Waals surface area contributed by atoms with Crippen LogP contribution >= 0.6 is 0 Å². The third kappa shape index (κ3) is 2.20. The Kier molecular flexibility index (Phi) is 3.05. The quantitative estimate of drug-likeness (QED) is 0.428. The Labute approximate surface area is 103 Å². The second-order valence-corrected chi connectivity index (χ2v) is 3.53. The predicted octanol–water partition coefficient (Wildman–Crippen LogP) is 2.02. The second kappa shape index (κ2) is 4.67. The van der Waals surface area contributed by atoms with Crippen molar-refractivity contribution < 1.29 is 24.9 Å². The van der Waals surface area contributed by atoms with Gasteiger partial charge in [-0.2, -0.15) is 0 Å². The van der Waals surface area contributed by atoms with Crippen molar-refractivity contribution in [3.05, 3.63) is 48.0 Å². The van der Waals surface area contributed by atoms with Crippen LogP contribution in [0.15, 0.2) is 42.5 Å². The number of esters is 1. The Bertz CT molecular complexity index is 592. The summed E-state index contributed by atoms with van der Waals surface area (Å²) in [7, 11) is 0. The number of para-hydroxylation sites is 2. The first-order chi connectivity index (χ1) is 8.59. The van der Waals surface area contributed by atoms with Crippen molar-refractivity contribution >= 4 is 5.97 Å². The standard InChI is InChI=1S/C13H10O5/c14-9-5-2-1-4-8(9)13(17)18-11-7-3-6-10(15)12(11)16/h1-7,14-16H. The Hall–Kier alpha value is -2.69. The van der Waals surface area contributed by atoms with Gasteiger partial charge in [0.15, 0.2) is 11.5 Å². The molecule has 92 valence electrons. The molecule has 0 aliphatic rings. The molecule has 2 rings (SSSR count). The Balaban J connectivity index is 2.27. The van der Waals surface area contributed by atoms with Crippen LogP contribution in [-0.2, 0) is 0 Å². The van der Waals surface area contributed by atoms with Crippen LogP contribution in [0, 0.1) is 0 Å². The summed E-state index contributed by atoms with van der Waals surface area (Å²) in [4.78, 5) is 11.7. The van der Waals surface area contributed by atoms with Gasteiger partial charge in [-0.1, -0.05) is 18.2 Å². The lowest BCUT2D eigenvalue weighted by molar-refractivity contribution is 0.0726. The Morgan fingerprint density at radius 1 is 0.889 bits per heavy atom. The van der Waals surface area contributed by atoms with Crippen LogP contribution in [0.1, 0.15) is 10.4 Å². The molecular formula is C13H10O5. The molecule has 0 unspecified atom stereocenters. The maximum Gasteiger partial charge on any atom is 0.347 e. The first-order valence-corrected chi connectivity index (χ1v) is 5.10. The van der Waals surface area contributed by atoms with Gasteiger partial charge in [-0.3, -0.25) is 0 Å². The van der Waals surface area contributed by atoms with E-state index in [9.17, 15) is 20.1 Å². The van der Waals surface area contributed by atoms with E-state index < -0.39 is 17.5 Å². The first kappa shape index (κ1) is 11.8. The van der Waals surface area contributed by atoms with Gasteiger partial charge in [-0.25, -0.2) is 4.79 Å². The van der Waals surface area contributed by atoms with E-state index in [2.05, 4.69) is 0 Å². The predicted molar refractivity (Wildman–Crippen MR) is 62.8 cm³/mol. The number of ether oxygens (including phenoxy) is 1. The fourth-order valence-corrected chi connectivity index (χ4v) is 1.39. The van der Waals surface area contributed by atoms with Crippen LogP contribution in [0.25, 0.3) is 0 Å². The zero-order valence-corrected chi connectivity index (χ0v) is 9.20. The van der Waals surface area contributed by atoms with Crippen LogP contribution in [0.4, 0.5) is 0 Å². The molecule has 0 heterocycles. The van der Waals surface area contributed by atoms with Gasteiger partial charge in [-0.15, -0.1) is 0 Å². The largest absolute Gasteiger partial charge is 0.507 e. The van der Waals surface area contributed by atoms with E-state index in [0.717, 1.165) is 0 Å². The van der Waals surface area contributed by atoms with Crippen molar-refractivity contribution in [3.63, 3.8) is 0 Å². The van der Waals surface area contributed by atoms with Gasteiger partial charge < -0.3 is 20.1 Å². The molecule has 0 saturated heterocycles. The summed E-state index contributed by atoms with van der Waals surface area (Å²) in [5.41, 5.74) is -0.0276. The number of phenols is 3. The maximum atomic E-state index is 11.7. The summed E-state index contributed by atoms with van der Waals surface area (Å²) in [5.74, 6) is -2.14. The van der Waals surface area contributed by atoms with Gasteiger partial charge in [0, 0.05) is 0 Å². The van der Waals surface area contributed by atoms with Crippen LogP contribution in [0.5, 0.6) is 23.0 Å². The molecule has 2 aromatic rings. The molecule has 0 spiro atoms. The fourth-order valence-electron chi connectivity index (χ4n) is 1.39. The summed E-state index contributed by atoms with van der Waals surface area (Å²) in [6.07, 6.45) is 0. The Morgan fingerprint density at radius 3 is 2.28 bits per heavy atom. The van der Waals surface area contributed by atoms with E-state index in [1.54, 1.807) is 12.1 Å². The molecule has 0 aliphatic heterocycles. The van der Waals surface area contributed by atoms with Crippen molar-refractivity contribution in [2.45, 2.75) is 0 Å². The van der Waals surface area contributed by atoms with Crippen LogP contribution in [0.2, 0.25) is 0 Å². The molecule has 5 heteroatoms. The van der Waals surface area contributed by atoms with Crippen molar-refractivity contribution in [2.75, 3.05) is 0 Å². The zero-order chi connectivity index (χ0) is 13.1. The summed E-state index contributed by atoms with van der Waals surface area (Å²) in [5, 5.41) is 28.2. The number of phenolic OH excluding ortho intramolecular Hbond substituents is 3. The molecule has 0 fully saturated rings. The summed E-state index contributed by atoms with van der Waals surface area (Å²) in [6.45, 7) is 0. The molecule has 3 N–H and O–H groups in total. The highest BCUT2D eigenvalue weighted by Gasteiger charge is 2.16. The minimum Gasteiger partial charge on any atom is -0.507 e. The average molecular weight is 246 g/mol. The lowest BCUT2D eigenvalue weighted by Gasteiger charge is -2.07. The summed E-state index contributed by atoms with van der Waals surface area (Å²) < 4.78 is 4.88. The average Bonchev–Trinajstić information content (AvgIpc) is 2.35. The highest BCUT2D eigenvalue weighted by Crippen LogP contribution is 2.35. The van der Waals surface area contributed by atoms with E-state index in [4.69, 9.17) is 4.74 Å². The summed E-state index contributed by atoms with van der Waals surface area (Å²) >= 11 is 0. The first-order valence-electron chi connectivity index (χ1n) is 5.10. The third-order valence-corrected chi connectivity index (χ3v) is 2.30. The number of carbonyl (C=O) groups is 1. The molecular weight excluding hydrogens is 236 g/mol. The van der Waals surface area contributed by atoms with E-state index in [1.165, 1.54) is 30.3 Å². The molecule has 5 nitrogen and oxygen atoms in total. The monoisotopic (exact) mass is 246 g/mol. The molecule has 2 aromatic carbocycles. The minimum atomic E-state index is -0.825. The highest BCUT2D eigenvalue weighted by atomic mass is 16.5. The van der Waals surface area contributed by atoms with Gasteiger partial charge in [0.2, 0.25) is 5.75 Å². The van der Waals surface area contributed by atoms with Gasteiger partial charge >= 0.3 is 5.97 Å². The van der Waals surface area contributed by atoms with Crippen molar-refractivity contribution in [3.8, 4) is 23.0 Å². The number of rotatable bonds is 2. The van der Waals surface area contributed by atoms with Gasteiger partial charge in [0.05, 0.1) is 0 Å². The molecule has 0 amide bonds. The molecule has 0 aromatic heterocycles. The van der Waals surface area contributed by atoms with Gasteiger partial charge in [0.25, 0.3) is 0 Å². The van der Waals surface area contributed by atoms with E-state index >= 15 is 0 Å². The molecule has 0 radical (unpaired) electrons. The van der Waals surface area contributed by atoms with Crippen molar-refractivity contribution in [1.29, 1.82) is 0 Å². The number of carbonyl (C=O) groups excluding carboxylic acids is 1. The third-order valence-electron chi connectivity index (χ3n) is 2.30. The Morgan fingerprint density at radius 2 is 1.56 bits per heavy atom. The number of benzene rings is 2. The van der Waals surface area contributed by atoms with Crippen molar-refractivity contribution in [2.24, 2.45) is 0 Å². The lowest BCUT2D eigenvalue weighted by atomic mass is 10.2. The van der Waals surface area contributed by atoms with Crippen molar-refractivity contribution in [1.82, 2.24) is 0 Å². The zero-order valence-electron chi connectivity index (χ0n) is 9.20. The number of hydrogen-bond donors (Lipinski definition) is 3. The van der Waals surface area contributed by atoms with Crippen LogP contribution in [0.3, 0.4) is 0 Å². The normalized spacial score (nSPS) is 10.0. The summed E-state index contributed by atoms with van der Waals surface area (Å²) in [6, 6.07) is 9.87. The van der Waals surface area contributed by atoms with Crippen LogP contribution < -0.4 is 4.74 Å². The second-order valence-electron chi connectivity index (χ2n) is 3.53. The van der Waals surface area contributed by atoms with E-state index in [0.29, 0.717) is 0 Å². The maximum absolute atomic E-state index is 11.7. The molecule has 0 saturated carbocycles.